The third kappa shape index (κ3) is 23.4. The van der Waals surface area contributed by atoms with Gasteiger partial charge in [0.05, 0.1) is 13.1 Å². The van der Waals surface area contributed by atoms with Crippen LogP contribution in [0.5, 0.6) is 0 Å². The summed E-state index contributed by atoms with van der Waals surface area (Å²) in [7, 11) is -4.76. The number of benzene rings is 1. The number of alkyl carbamates (subject to hydrolysis) is 1. The van der Waals surface area contributed by atoms with E-state index in [2.05, 4.69) is 16.0 Å². The van der Waals surface area contributed by atoms with E-state index >= 15 is 0 Å². The van der Waals surface area contributed by atoms with Gasteiger partial charge in [0.15, 0.2) is 0 Å². The fourth-order valence-electron chi connectivity index (χ4n) is 5.89. The number of hydrogen-bond acceptors (Lipinski definition) is 15. The SMILES string of the molecule is CC(C)(C)OC(=O)CN1CCN(CC(=O)OC(C)(C)C)CCN(C(CCC(=O)NC(CS(=O)(=O)O)C(=O)NCCNC(=O)OCc2ccccc2)C(=O)OC(C)(C)C)CC1. The Labute approximate surface area is 354 Å². The van der Waals surface area contributed by atoms with Gasteiger partial charge in [0.1, 0.15) is 41.2 Å². The van der Waals surface area contributed by atoms with Crippen LogP contribution >= 0.6 is 0 Å². The van der Waals surface area contributed by atoms with E-state index in [0.717, 1.165) is 5.56 Å². The molecule has 1 fully saturated rings. The molecule has 0 spiro atoms. The second kappa shape index (κ2) is 23.6. The van der Waals surface area contributed by atoms with Crippen LogP contribution in [0.3, 0.4) is 0 Å². The largest absolute Gasteiger partial charge is 0.459 e. The molecule has 1 heterocycles. The van der Waals surface area contributed by atoms with Crippen molar-refractivity contribution in [3.05, 3.63) is 35.9 Å². The monoisotopic (exact) mass is 870 g/mol. The number of esters is 3. The predicted octanol–water partition coefficient (Wildman–Crippen LogP) is 1.50. The smallest absolute Gasteiger partial charge is 0.407 e. The average molecular weight is 871 g/mol. The van der Waals surface area contributed by atoms with Crippen molar-refractivity contribution in [1.82, 2.24) is 30.7 Å². The van der Waals surface area contributed by atoms with Gasteiger partial charge in [0.25, 0.3) is 10.1 Å². The second-order valence-electron chi connectivity index (χ2n) is 17.5. The number of nitrogens with zero attached hydrogens (tertiary/aromatic N) is 3. The van der Waals surface area contributed by atoms with Crippen molar-refractivity contribution in [3.63, 3.8) is 0 Å². The lowest BCUT2D eigenvalue weighted by Gasteiger charge is -2.34. The van der Waals surface area contributed by atoms with Crippen LogP contribution in [0.25, 0.3) is 0 Å². The summed E-state index contributed by atoms with van der Waals surface area (Å²) in [5.41, 5.74) is -1.58. The maximum atomic E-state index is 13.8. The fraction of sp³-hybridized carbons (Fsp3) is 0.700. The molecule has 0 aromatic heterocycles. The Morgan fingerprint density at radius 1 is 0.717 bits per heavy atom. The summed E-state index contributed by atoms with van der Waals surface area (Å²) in [4.78, 5) is 83.6. The topological polar surface area (TPSA) is 240 Å². The van der Waals surface area contributed by atoms with Crippen LogP contribution in [0.2, 0.25) is 0 Å². The molecule has 2 rings (SSSR count). The summed E-state index contributed by atoms with van der Waals surface area (Å²) in [5, 5.41) is 7.21. The van der Waals surface area contributed by atoms with Gasteiger partial charge in [-0.2, -0.15) is 8.42 Å². The molecule has 1 aliphatic heterocycles. The average Bonchev–Trinajstić information content (AvgIpc) is 3.17. The number of nitrogens with one attached hydrogen (secondary N) is 3. The van der Waals surface area contributed by atoms with Crippen molar-refractivity contribution < 1.29 is 60.7 Å². The zero-order valence-corrected chi connectivity index (χ0v) is 37.4. The highest BCUT2D eigenvalue weighted by molar-refractivity contribution is 7.85. The van der Waals surface area contributed by atoms with E-state index in [0.29, 0.717) is 26.2 Å². The summed E-state index contributed by atoms with van der Waals surface area (Å²) < 4.78 is 55.3. The zero-order chi connectivity index (χ0) is 45.3. The lowest BCUT2D eigenvalue weighted by molar-refractivity contribution is -0.163. The summed E-state index contributed by atoms with van der Waals surface area (Å²) in [6, 6.07) is 6.21. The molecule has 60 heavy (non-hydrogen) atoms. The number of carbonyl (C=O) groups is 6. The first-order valence-electron chi connectivity index (χ1n) is 20.0. The third-order valence-corrected chi connectivity index (χ3v) is 9.14. The molecule has 0 aliphatic carbocycles. The third-order valence-electron chi connectivity index (χ3n) is 8.38. The Hall–Kier alpha value is -4.37. The van der Waals surface area contributed by atoms with E-state index in [1.807, 2.05) is 15.9 Å². The van der Waals surface area contributed by atoms with Crippen LogP contribution < -0.4 is 16.0 Å². The van der Waals surface area contributed by atoms with Gasteiger partial charge in [-0.05, 0) is 74.3 Å². The number of rotatable bonds is 18. The van der Waals surface area contributed by atoms with Crippen molar-refractivity contribution in [3.8, 4) is 0 Å². The molecule has 1 aromatic rings. The molecule has 3 amide bonds. The molecule has 0 radical (unpaired) electrons. The lowest BCUT2D eigenvalue weighted by atomic mass is 10.1. The molecule has 0 bridgehead atoms. The Balaban J connectivity index is 2.21. The highest BCUT2D eigenvalue weighted by Crippen LogP contribution is 2.18. The van der Waals surface area contributed by atoms with Crippen LogP contribution in [0, 0.1) is 0 Å². The Morgan fingerprint density at radius 3 is 1.68 bits per heavy atom. The van der Waals surface area contributed by atoms with Crippen molar-refractivity contribution in [2.24, 2.45) is 0 Å². The molecule has 2 unspecified atom stereocenters. The predicted molar refractivity (Wildman–Crippen MR) is 221 cm³/mol. The highest BCUT2D eigenvalue weighted by Gasteiger charge is 2.34. The molecule has 340 valence electrons. The van der Waals surface area contributed by atoms with E-state index in [1.54, 1.807) is 91.5 Å². The van der Waals surface area contributed by atoms with Gasteiger partial charge in [-0.1, -0.05) is 30.3 Å². The Bertz CT molecular complexity index is 1650. The molecule has 4 N–H and O–H groups in total. The number of ether oxygens (including phenoxy) is 4. The molecule has 1 aromatic carbocycles. The van der Waals surface area contributed by atoms with Crippen LogP contribution in [0.1, 0.15) is 80.7 Å². The minimum Gasteiger partial charge on any atom is -0.459 e. The second-order valence-corrected chi connectivity index (χ2v) is 19.0. The number of carbonyl (C=O) groups excluding carboxylic acids is 6. The highest BCUT2D eigenvalue weighted by atomic mass is 32.2. The number of amides is 3. The Morgan fingerprint density at radius 2 is 1.20 bits per heavy atom. The minimum atomic E-state index is -4.76. The molecule has 0 saturated carbocycles. The van der Waals surface area contributed by atoms with Crippen LogP contribution in [-0.2, 0) is 59.6 Å². The maximum Gasteiger partial charge on any atom is 0.407 e. The normalized spacial score (nSPS) is 16.2. The fourth-order valence-corrected chi connectivity index (χ4v) is 6.55. The van der Waals surface area contributed by atoms with E-state index in [-0.39, 0.29) is 58.7 Å². The van der Waals surface area contributed by atoms with Gasteiger partial charge in [-0.15, -0.1) is 0 Å². The first kappa shape index (κ1) is 51.8. The quantitative estimate of drug-likeness (QED) is 0.0708. The zero-order valence-electron chi connectivity index (χ0n) is 36.5. The van der Waals surface area contributed by atoms with Crippen molar-refractivity contribution in [1.29, 1.82) is 0 Å². The van der Waals surface area contributed by atoms with E-state index in [9.17, 15) is 41.7 Å². The first-order chi connectivity index (χ1) is 27.7. The van der Waals surface area contributed by atoms with Gasteiger partial charge in [-0.25, -0.2) is 4.79 Å². The number of hydrogen-bond donors (Lipinski definition) is 4. The first-order valence-corrected chi connectivity index (χ1v) is 21.6. The molecule has 19 nitrogen and oxygen atoms in total. The summed E-state index contributed by atoms with van der Waals surface area (Å²) in [6.45, 7) is 17.2. The minimum absolute atomic E-state index is 0.0210. The van der Waals surface area contributed by atoms with Gasteiger partial charge in [0.2, 0.25) is 11.8 Å². The molecule has 20 heteroatoms. The molecular formula is C40H66N6O13S. The van der Waals surface area contributed by atoms with Crippen molar-refractivity contribution in [2.45, 2.75) is 111 Å². The van der Waals surface area contributed by atoms with E-state index in [4.69, 9.17) is 18.9 Å². The Kier molecular flexibility index (Phi) is 20.3. The lowest BCUT2D eigenvalue weighted by Crippen LogP contribution is -2.52. The molecule has 2 atom stereocenters. The van der Waals surface area contributed by atoms with Crippen molar-refractivity contribution >= 4 is 45.9 Å². The summed E-state index contributed by atoms with van der Waals surface area (Å²) in [6.07, 6.45) is -1.25. The van der Waals surface area contributed by atoms with Gasteiger partial charge in [0, 0.05) is 58.8 Å². The van der Waals surface area contributed by atoms with Crippen LogP contribution in [0.4, 0.5) is 4.79 Å². The van der Waals surface area contributed by atoms with E-state index < -0.39 is 80.6 Å². The molecule has 1 aliphatic rings. The van der Waals surface area contributed by atoms with E-state index in [1.165, 1.54) is 0 Å². The summed E-state index contributed by atoms with van der Waals surface area (Å²) in [5.74, 6) is -4.42. The van der Waals surface area contributed by atoms with Gasteiger partial charge >= 0.3 is 24.0 Å². The van der Waals surface area contributed by atoms with Crippen LogP contribution in [-0.4, -0.2) is 164 Å². The standard InChI is InChI=1S/C40H66N6O13S/c1-38(2,3)57-33(48)25-44-19-20-45(26-34(49)58-39(4,5)6)22-24-46(23-21-44)31(36(51)59-40(7,8)9)15-16-32(47)43-30(28-60(53,54)55)35(50)41-17-18-42-37(52)56-27-29-13-11-10-12-14-29/h10-14,30-31H,15-28H2,1-9H3,(H,41,50)(H,42,52)(H,43,47)(H,53,54,55). The molecular weight excluding hydrogens is 805 g/mol. The molecule has 1 saturated heterocycles. The maximum absolute atomic E-state index is 13.8. The van der Waals surface area contributed by atoms with Gasteiger partial charge < -0.3 is 34.9 Å². The van der Waals surface area contributed by atoms with Crippen molar-refractivity contribution in [2.75, 3.05) is 71.2 Å². The van der Waals surface area contributed by atoms with Gasteiger partial charge in [-0.3, -0.25) is 43.2 Å². The summed E-state index contributed by atoms with van der Waals surface area (Å²) >= 11 is 0. The van der Waals surface area contributed by atoms with Crippen LogP contribution in [0.15, 0.2) is 30.3 Å².